The molecule has 0 spiro atoms. The van der Waals surface area contributed by atoms with Crippen LogP contribution in [0.5, 0.6) is 0 Å². The normalized spacial score (nSPS) is 20.8. The molecule has 2 unspecified atom stereocenters. The molecule has 8 heteroatoms. The van der Waals surface area contributed by atoms with Gasteiger partial charge >= 0.3 is 12.0 Å². The second-order valence-electron chi connectivity index (χ2n) is 6.89. The zero-order valence-electron chi connectivity index (χ0n) is 14.8. The minimum absolute atomic E-state index is 0.190. The van der Waals surface area contributed by atoms with Crippen molar-refractivity contribution in [2.75, 3.05) is 13.1 Å². The summed E-state index contributed by atoms with van der Waals surface area (Å²) in [6, 6.07) is 8.88. The number of carboxylic acid groups (broad SMARTS) is 1. The first-order chi connectivity index (χ1) is 12.4. The van der Waals surface area contributed by atoms with Crippen LogP contribution in [-0.4, -0.2) is 45.2 Å². The average molecular weight is 358 g/mol. The molecule has 2 aromatic rings. The van der Waals surface area contributed by atoms with E-state index in [9.17, 15) is 14.7 Å². The summed E-state index contributed by atoms with van der Waals surface area (Å²) >= 11 is 0. The van der Waals surface area contributed by atoms with Gasteiger partial charge in [-0.3, -0.25) is 4.79 Å². The summed E-state index contributed by atoms with van der Waals surface area (Å²) in [6.45, 7) is 4.00. The first-order valence-electron chi connectivity index (χ1n) is 8.50. The van der Waals surface area contributed by atoms with Crippen molar-refractivity contribution in [1.29, 1.82) is 0 Å². The number of aliphatic carboxylic acids is 1. The fourth-order valence-electron chi connectivity index (χ4n) is 3.08. The van der Waals surface area contributed by atoms with Crippen LogP contribution in [0.25, 0.3) is 0 Å². The summed E-state index contributed by atoms with van der Waals surface area (Å²) in [6.07, 6.45) is 0.801. The number of rotatable bonds is 5. The van der Waals surface area contributed by atoms with Gasteiger partial charge in [0.25, 0.3) is 0 Å². The average Bonchev–Trinajstić information content (AvgIpc) is 3.22. The molecular formula is C18H22N4O4. The third-order valence-corrected chi connectivity index (χ3v) is 4.72. The number of aromatic nitrogens is 2. The van der Waals surface area contributed by atoms with E-state index in [1.165, 1.54) is 0 Å². The maximum atomic E-state index is 12.7. The van der Waals surface area contributed by atoms with Crippen LogP contribution in [0.15, 0.2) is 34.9 Å². The number of benzene rings is 1. The van der Waals surface area contributed by atoms with E-state index in [4.69, 9.17) is 4.52 Å². The van der Waals surface area contributed by atoms with Crippen molar-refractivity contribution >= 4 is 12.0 Å². The highest BCUT2D eigenvalue weighted by atomic mass is 16.5. The summed E-state index contributed by atoms with van der Waals surface area (Å²) in [5, 5.41) is 16.1. The molecule has 26 heavy (non-hydrogen) atoms. The number of hydrogen-bond donors (Lipinski definition) is 2. The van der Waals surface area contributed by atoms with Crippen LogP contribution in [0.3, 0.4) is 0 Å². The molecular weight excluding hydrogens is 336 g/mol. The fraction of sp³-hybridized carbons (Fsp3) is 0.444. The molecule has 2 amide bonds. The number of aryl methyl sites for hydroxylation is 1. The largest absolute Gasteiger partial charge is 0.481 e. The highest BCUT2D eigenvalue weighted by Crippen LogP contribution is 2.30. The van der Waals surface area contributed by atoms with Gasteiger partial charge in [0.05, 0.1) is 17.9 Å². The van der Waals surface area contributed by atoms with E-state index in [1.807, 2.05) is 30.3 Å². The molecule has 2 atom stereocenters. The van der Waals surface area contributed by atoms with Gasteiger partial charge < -0.3 is 19.8 Å². The highest BCUT2D eigenvalue weighted by molar-refractivity contribution is 5.79. The molecule has 1 aromatic carbocycles. The van der Waals surface area contributed by atoms with Crippen LogP contribution in [0, 0.1) is 12.3 Å². The van der Waals surface area contributed by atoms with Crippen molar-refractivity contribution in [3.05, 3.63) is 47.6 Å². The van der Waals surface area contributed by atoms with E-state index in [0.29, 0.717) is 31.1 Å². The molecule has 2 N–H and O–H groups in total. The first-order valence-corrected chi connectivity index (χ1v) is 8.50. The monoisotopic (exact) mass is 358 g/mol. The van der Waals surface area contributed by atoms with E-state index in [0.717, 1.165) is 5.56 Å². The second kappa shape index (κ2) is 7.15. The Bertz CT molecular complexity index is 791. The van der Waals surface area contributed by atoms with Gasteiger partial charge in [-0.15, -0.1) is 0 Å². The van der Waals surface area contributed by atoms with Crippen LogP contribution < -0.4 is 5.32 Å². The predicted molar refractivity (Wildman–Crippen MR) is 92.4 cm³/mol. The van der Waals surface area contributed by atoms with Crippen molar-refractivity contribution in [3.63, 3.8) is 0 Å². The number of amides is 2. The van der Waals surface area contributed by atoms with Gasteiger partial charge in [-0.1, -0.05) is 35.5 Å². The molecule has 138 valence electrons. The molecule has 2 heterocycles. The molecule has 0 aliphatic carbocycles. The molecule has 1 aromatic heterocycles. The van der Waals surface area contributed by atoms with Crippen LogP contribution >= 0.6 is 0 Å². The van der Waals surface area contributed by atoms with Gasteiger partial charge in [0, 0.05) is 13.1 Å². The number of nitrogens with zero attached hydrogens (tertiary/aromatic N) is 3. The number of carbonyl (C=O) groups is 2. The lowest BCUT2D eigenvalue weighted by Crippen LogP contribution is -2.42. The van der Waals surface area contributed by atoms with Crippen molar-refractivity contribution in [3.8, 4) is 0 Å². The zero-order chi connectivity index (χ0) is 18.7. The van der Waals surface area contributed by atoms with Crippen molar-refractivity contribution in [1.82, 2.24) is 20.4 Å². The molecule has 0 radical (unpaired) electrons. The lowest BCUT2D eigenvalue weighted by atomic mass is 9.90. The molecule has 1 fully saturated rings. The molecule has 1 saturated heterocycles. The Morgan fingerprint density at radius 2 is 2.12 bits per heavy atom. The summed E-state index contributed by atoms with van der Waals surface area (Å²) in [5.74, 6) is 0.0945. The summed E-state index contributed by atoms with van der Waals surface area (Å²) < 4.78 is 5.18. The number of likely N-dealkylation sites (tertiary alicyclic amines) is 1. The van der Waals surface area contributed by atoms with E-state index < -0.39 is 11.4 Å². The maximum Gasteiger partial charge on any atom is 0.317 e. The fourth-order valence-corrected chi connectivity index (χ4v) is 3.08. The van der Waals surface area contributed by atoms with E-state index in [1.54, 1.807) is 18.7 Å². The maximum absolute atomic E-state index is 12.7. The number of urea groups is 1. The molecule has 0 saturated carbocycles. The minimum Gasteiger partial charge on any atom is -0.481 e. The summed E-state index contributed by atoms with van der Waals surface area (Å²) in [5.41, 5.74) is 0.0142. The molecule has 3 rings (SSSR count). The number of hydrogen-bond acceptors (Lipinski definition) is 5. The van der Waals surface area contributed by atoms with Crippen molar-refractivity contribution in [2.45, 2.75) is 32.7 Å². The Hall–Kier alpha value is -2.90. The molecule has 0 bridgehead atoms. The third-order valence-electron chi connectivity index (χ3n) is 4.72. The second-order valence-corrected chi connectivity index (χ2v) is 6.89. The minimum atomic E-state index is -0.900. The van der Waals surface area contributed by atoms with Gasteiger partial charge in [0.1, 0.15) is 0 Å². The quantitative estimate of drug-likeness (QED) is 0.848. The Morgan fingerprint density at radius 1 is 1.38 bits per heavy atom. The zero-order valence-corrected chi connectivity index (χ0v) is 14.8. The van der Waals surface area contributed by atoms with Gasteiger partial charge in [0.15, 0.2) is 5.82 Å². The van der Waals surface area contributed by atoms with Crippen LogP contribution in [0.4, 0.5) is 4.79 Å². The lowest BCUT2D eigenvalue weighted by molar-refractivity contribution is -0.147. The Kier molecular flexibility index (Phi) is 4.92. The lowest BCUT2D eigenvalue weighted by Gasteiger charge is -2.24. The SMILES string of the molecule is Cc1noc(CC(NC(=O)N2CCC(C)(C(=O)O)C2)c2ccccc2)n1. The van der Waals surface area contributed by atoms with Crippen molar-refractivity contribution in [2.24, 2.45) is 5.41 Å². The Balaban J connectivity index is 1.73. The number of carbonyl (C=O) groups excluding carboxylic acids is 1. The molecule has 8 nitrogen and oxygen atoms in total. The standard InChI is InChI=1S/C18H22N4O4/c1-12-19-15(26-21-12)10-14(13-6-4-3-5-7-13)20-17(25)22-9-8-18(2,11-22)16(23)24/h3-7,14H,8-11H2,1-2H3,(H,20,25)(H,23,24). The highest BCUT2D eigenvalue weighted by Gasteiger charge is 2.42. The van der Waals surface area contributed by atoms with Crippen LogP contribution in [0.1, 0.15) is 36.7 Å². The first kappa shape index (κ1) is 17.9. The predicted octanol–water partition coefficient (Wildman–Crippen LogP) is 2.17. The van der Waals surface area contributed by atoms with Gasteiger partial charge in [-0.25, -0.2) is 4.79 Å². The van der Waals surface area contributed by atoms with Gasteiger partial charge in [-0.05, 0) is 25.8 Å². The van der Waals surface area contributed by atoms with E-state index in [2.05, 4.69) is 15.5 Å². The summed E-state index contributed by atoms with van der Waals surface area (Å²) in [7, 11) is 0. The van der Waals surface area contributed by atoms with Crippen LogP contribution in [0.2, 0.25) is 0 Å². The number of nitrogens with one attached hydrogen (secondary N) is 1. The number of carboxylic acids is 1. The Morgan fingerprint density at radius 3 is 2.69 bits per heavy atom. The Labute approximate surface area is 151 Å². The molecule has 1 aliphatic rings. The van der Waals surface area contributed by atoms with Gasteiger partial charge in [-0.2, -0.15) is 4.98 Å². The molecule has 1 aliphatic heterocycles. The van der Waals surface area contributed by atoms with Crippen LogP contribution in [-0.2, 0) is 11.2 Å². The summed E-state index contributed by atoms with van der Waals surface area (Å²) in [4.78, 5) is 29.8. The van der Waals surface area contributed by atoms with Crippen molar-refractivity contribution < 1.29 is 19.2 Å². The van der Waals surface area contributed by atoms with E-state index >= 15 is 0 Å². The van der Waals surface area contributed by atoms with E-state index in [-0.39, 0.29) is 18.6 Å². The third kappa shape index (κ3) is 3.84. The smallest absolute Gasteiger partial charge is 0.317 e. The van der Waals surface area contributed by atoms with Gasteiger partial charge in [0.2, 0.25) is 5.89 Å². The topological polar surface area (TPSA) is 109 Å².